The zero-order valence-corrected chi connectivity index (χ0v) is 13.2. The molecule has 4 heteroatoms. The van der Waals surface area contributed by atoms with Crippen molar-refractivity contribution in [1.82, 2.24) is 9.80 Å². The summed E-state index contributed by atoms with van der Waals surface area (Å²) >= 11 is 0. The predicted octanol–water partition coefficient (Wildman–Crippen LogP) is 1.66. The smallest absolute Gasteiger partial charge is 0.236 e. The zero-order chi connectivity index (χ0) is 15.3. The molecule has 1 amide bonds. The van der Waals surface area contributed by atoms with E-state index in [1.807, 2.05) is 43.1 Å². The van der Waals surface area contributed by atoms with E-state index in [1.165, 1.54) is 5.56 Å². The predicted molar refractivity (Wildman–Crippen MR) is 81.4 cm³/mol. The fraction of sp³-hybridized carbons (Fsp3) is 0.562. The van der Waals surface area contributed by atoms with E-state index in [0.717, 1.165) is 5.56 Å². The van der Waals surface area contributed by atoms with Gasteiger partial charge in [-0.05, 0) is 33.4 Å². The maximum absolute atomic E-state index is 12.1. The molecule has 0 radical (unpaired) electrons. The van der Waals surface area contributed by atoms with Gasteiger partial charge < -0.3 is 10.0 Å². The fourth-order valence-corrected chi connectivity index (χ4v) is 2.12. The molecule has 20 heavy (non-hydrogen) atoms. The second-order valence-electron chi connectivity index (χ2n) is 6.22. The van der Waals surface area contributed by atoms with E-state index in [1.54, 1.807) is 25.8 Å². The largest absolute Gasteiger partial charge is 0.389 e. The zero-order valence-electron chi connectivity index (χ0n) is 13.2. The van der Waals surface area contributed by atoms with Crippen molar-refractivity contribution in [2.24, 2.45) is 0 Å². The number of aryl methyl sites for hydroxylation is 1. The SMILES string of the molecule is Cc1ccc(CN(C)C(=O)CN(C)CC(C)(C)O)cc1. The molecule has 0 spiro atoms. The van der Waals surface area contributed by atoms with Crippen molar-refractivity contribution in [2.45, 2.75) is 32.9 Å². The van der Waals surface area contributed by atoms with E-state index in [4.69, 9.17) is 0 Å². The maximum Gasteiger partial charge on any atom is 0.236 e. The molecule has 1 aromatic rings. The fourth-order valence-electron chi connectivity index (χ4n) is 2.12. The Morgan fingerprint density at radius 3 is 2.25 bits per heavy atom. The summed E-state index contributed by atoms with van der Waals surface area (Å²) in [6.45, 7) is 6.91. The number of nitrogens with zero attached hydrogens (tertiary/aromatic N) is 2. The summed E-state index contributed by atoms with van der Waals surface area (Å²) in [7, 11) is 3.65. The van der Waals surface area contributed by atoms with Crippen molar-refractivity contribution >= 4 is 5.91 Å². The number of amides is 1. The molecular weight excluding hydrogens is 252 g/mol. The molecule has 0 bridgehead atoms. The minimum absolute atomic E-state index is 0.0531. The van der Waals surface area contributed by atoms with E-state index in [2.05, 4.69) is 0 Å². The molecule has 0 heterocycles. The quantitative estimate of drug-likeness (QED) is 0.860. The summed E-state index contributed by atoms with van der Waals surface area (Å²) < 4.78 is 0. The van der Waals surface area contributed by atoms with Crippen LogP contribution in [0.5, 0.6) is 0 Å². The van der Waals surface area contributed by atoms with Crippen molar-refractivity contribution in [3.8, 4) is 0 Å². The van der Waals surface area contributed by atoms with E-state index < -0.39 is 5.60 Å². The van der Waals surface area contributed by atoms with Crippen molar-refractivity contribution in [3.63, 3.8) is 0 Å². The molecule has 0 fully saturated rings. The molecular formula is C16H26N2O2. The van der Waals surface area contributed by atoms with Crippen LogP contribution < -0.4 is 0 Å². The molecule has 112 valence electrons. The lowest BCUT2D eigenvalue weighted by molar-refractivity contribution is -0.131. The molecule has 0 aliphatic rings. The Morgan fingerprint density at radius 1 is 1.20 bits per heavy atom. The lowest BCUT2D eigenvalue weighted by Gasteiger charge is -2.27. The lowest BCUT2D eigenvalue weighted by atomic mass is 10.1. The van der Waals surface area contributed by atoms with Crippen LogP contribution in [0.3, 0.4) is 0 Å². The monoisotopic (exact) mass is 278 g/mol. The van der Waals surface area contributed by atoms with Crippen LogP contribution in [-0.4, -0.2) is 53.6 Å². The Balaban J connectivity index is 2.48. The van der Waals surface area contributed by atoms with Crippen molar-refractivity contribution in [2.75, 3.05) is 27.2 Å². The van der Waals surface area contributed by atoms with Gasteiger partial charge in [-0.1, -0.05) is 29.8 Å². The van der Waals surface area contributed by atoms with Gasteiger partial charge in [0.15, 0.2) is 0 Å². The number of hydrogen-bond acceptors (Lipinski definition) is 3. The Bertz CT molecular complexity index is 435. The van der Waals surface area contributed by atoms with Gasteiger partial charge in [-0.3, -0.25) is 9.69 Å². The maximum atomic E-state index is 12.1. The highest BCUT2D eigenvalue weighted by Gasteiger charge is 2.18. The Hall–Kier alpha value is -1.39. The number of hydrogen-bond donors (Lipinski definition) is 1. The third-order valence-corrected chi connectivity index (χ3v) is 3.03. The highest BCUT2D eigenvalue weighted by Crippen LogP contribution is 2.07. The van der Waals surface area contributed by atoms with Crippen LogP contribution >= 0.6 is 0 Å². The van der Waals surface area contributed by atoms with Gasteiger partial charge in [-0.15, -0.1) is 0 Å². The van der Waals surface area contributed by atoms with Crippen LogP contribution in [0.4, 0.5) is 0 Å². The number of benzene rings is 1. The van der Waals surface area contributed by atoms with Gasteiger partial charge in [-0.25, -0.2) is 0 Å². The van der Waals surface area contributed by atoms with Crippen LogP contribution in [0.2, 0.25) is 0 Å². The average molecular weight is 278 g/mol. The van der Waals surface area contributed by atoms with Crippen LogP contribution in [0.25, 0.3) is 0 Å². The normalized spacial score (nSPS) is 11.8. The van der Waals surface area contributed by atoms with Crippen molar-refractivity contribution < 1.29 is 9.90 Å². The number of rotatable bonds is 6. The van der Waals surface area contributed by atoms with E-state index >= 15 is 0 Å². The number of likely N-dealkylation sites (N-methyl/N-ethyl adjacent to an activating group) is 2. The van der Waals surface area contributed by atoms with Crippen LogP contribution in [0, 0.1) is 6.92 Å². The van der Waals surface area contributed by atoms with E-state index in [0.29, 0.717) is 19.6 Å². The van der Waals surface area contributed by atoms with Crippen LogP contribution in [0.1, 0.15) is 25.0 Å². The standard InChI is InChI=1S/C16H26N2O2/c1-13-6-8-14(9-7-13)10-18(5)15(19)11-17(4)12-16(2,3)20/h6-9,20H,10-12H2,1-5H3. The first-order chi connectivity index (χ1) is 9.17. The van der Waals surface area contributed by atoms with Gasteiger partial charge in [-0.2, -0.15) is 0 Å². The van der Waals surface area contributed by atoms with Gasteiger partial charge in [0.2, 0.25) is 5.91 Å². The van der Waals surface area contributed by atoms with Crippen LogP contribution in [-0.2, 0) is 11.3 Å². The molecule has 0 atom stereocenters. The first-order valence-corrected chi connectivity index (χ1v) is 6.88. The minimum Gasteiger partial charge on any atom is -0.389 e. The summed E-state index contributed by atoms with van der Waals surface area (Å²) in [5, 5.41) is 9.73. The molecule has 0 unspecified atom stereocenters. The Morgan fingerprint density at radius 2 is 1.75 bits per heavy atom. The average Bonchev–Trinajstić information content (AvgIpc) is 2.29. The first-order valence-electron chi connectivity index (χ1n) is 6.88. The molecule has 4 nitrogen and oxygen atoms in total. The molecule has 0 saturated carbocycles. The summed E-state index contributed by atoms with van der Waals surface area (Å²) in [6.07, 6.45) is 0. The summed E-state index contributed by atoms with van der Waals surface area (Å²) in [5.74, 6) is 0.0531. The molecule has 1 N–H and O–H groups in total. The van der Waals surface area contributed by atoms with Gasteiger partial charge >= 0.3 is 0 Å². The molecule has 0 aliphatic carbocycles. The highest BCUT2D eigenvalue weighted by molar-refractivity contribution is 5.77. The molecule has 1 aromatic carbocycles. The Kier molecular flexibility index (Phi) is 5.72. The molecule has 0 aliphatic heterocycles. The summed E-state index contributed by atoms with van der Waals surface area (Å²) in [5.41, 5.74) is 1.55. The number of aliphatic hydroxyl groups is 1. The second kappa shape index (κ2) is 6.86. The summed E-state index contributed by atoms with van der Waals surface area (Å²) in [6, 6.07) is 8.18. The van der Waals surface area contributed by atoms with E-state index in [9.17, 15) is 9.90 Å². The topological polar surface area (TPSA) is 43.8 Å². The minimum atomic E-state index is -0.787. The molecule has 0 saturated heterocycles. The van der Waals surface area contributed by atoms with Gasteiger partial charge in [0, 0.05) is 20.1 Å². The Labute approximate surface area is 122 Å². The van der Waals surface area contributed by atoms with Crippen molar-refractivity contribution in [3.05, 3.63) is 35.4 Å². The van der Waals surface area contributed by atoms with Crippen molar-refractivity contribution in [1.29, 1.82) is 0 Å². The number of carbonyl (C=O) groups excluding carboxylic acids is 1. The molecule has 1 rings (SSSR count). The third-order valence-electron chi connectivity index (χ3n) is 3.03. The van der Waals surface area contributed by atoms with Gasteiger partial charge in [0.1, 0.15) is 0 Å². The second-order valence-corrected chi connectivity index (χ2v) is 6.22. The first kappa shape index (κ1) is 16.7. The van der Waals surface area contributed by atoms with Gasteiger partial charge in [0.05, 0.1) is 12.1 Å². The lowest BCUT2D eigenvalue weighted by Crippen LogP contribution is -2.42. The number of carbonyl (C=O) groups is 1. The third kappa shape index (κ3) is 6.17. The van der Waals surface area contributed by atoms with Crippen LogP contribution in [0.15, 0.2) is 24.3 Å². The molecule has 0 aromatic heterocycles. The highest BCUT2D eigenvalue weighted by atomic mass is 16.3. The summed E-state index contributed by atoms with van der Waals surface area (Å²) in [4.78, 5) is 15.7. The van der Waals surface area contributed by atoms with E-state index in [-0.39, 0.29) is 5.91 Å². The van der Waals surface area contributed by atoms with Gasteiger partial charge in [0.25, 0.3) is 0 Å².